The molecule has 8 heteroatoms. The number of carbonyl (C=O) groups is 2. The lowest BCUT2D eigenvalue weighted by atomic mass is 10.1. The van der Waals surface area contributed by atoms with E-state index in [2.05, 4.69) is 10.0 Å². The molecule has 0 bridgehead atoms. The summed E-state index contributed by atoms with van der Waals surface area (Å²) in [6.45, 7) is 2.74. The van der Waals surface area contributed by atoms with E-state index in [0.717, 1.165) is 11.1 Å². The zero-order valence-corrected chi connectivity index (χ0v) is 19.0. The van der Waals surface area contributed by atoms with Crippen LogP contribution in [0, 0.1) is 12.8 Å². The summed E-state index contributed by atoms with van der Waals surface area (Å²) >= 11 is 0. The molecule has 170 valence electrons. The van der Waals surface area contributed by atoms with Crippen molar-refractivity contribution < 1.29 is 18.0 Å². The van der Waals surface area contributed by atoms with E-state index in [0.29, 0.717) is 24.5 Å². The second-order valence-corrected chi connectivity index (χ2v) is 9.83. The van der Waals surface area contributed by atoms with Gasteiger partial charge in [-0.1, -0.05) is 48.0 Å². The molecule has 0 radical (unpaired) electrons. The summed E-state index contributed by atoms with van der Waals surface area (Å²) in [5.41, 5.74) is 2.92. The Labute approximate surface area is 193 Å². The monoisotopic (exact) mass is 463 g/mol. The molecule has 33 heavy (non-hydrogen) atoms. The third-order valence-electron chi connectivity index (χ3n) is 5.54. The molecule has 3 aromatic rings. The Morgan fingerprint density at radius 3 is 2.24 bits per heavy atom. The van der Waals surface area contributed by atoms with E-state index in [1.165, 1.54) is 0 Å². The van der Waals surface area contributed by atoms with Gasteiger partial charge in [0.2, 0.25) is 11.8 Å². The molecule has 4 rings (SSSR count). The number of carbonyl (C=O) groups excluding carboxylic acids is 2. The summed E-state index contributed by atoms with van der Waals surface area (Å²) in [6, 6.07) is 22.7. The van der Waals surface area contributed by atoms with Gasteiger partial charge in [0.05, 0.1) is 10.8 Å². The molecule has 3 aromatic carbocycles. The van der Waals surface area contributed by atoms with Crippen molar-refractivity contribution >= 4 is 33.2 Å². The van der Waals surface area contributed by atoms with E-state index in [4.69, 9.17) is 0 Å². The van der Waals surface area contributed by atoms with E-state index in [-0.39, 0.29) is 23.1 Å². The van der Waals surface area contributed by atoms with Gasteiger partial charge in [-0.3, -0.25) is 14.3 Å². The first-order valence-corrected chi connectivity index (χ1v) is 12.1. The number of rotatable bonds is 7. The average molecular weight is 464 g/mol. The number of benzene rings is 3. The summed E-state index contributed by atoms with van der Waals surface area (Å²) in [5.74, 6) is -0.701. The van der Waals surface area contributed by atoms with Crippen molar-refractivity contribution in [2.24, 2.45) is 5.92 Å². The van der Waals surface area contributed by atoms with Gasteiger partial charge in [-0.25, -0.2) is 8.42 Å². The number of nitrogens with one attached hydrogen (secondary N) is 2. The lowest BCUT2D eigenvalue weighted by Gasteiger charge is -2.16. The van der Waals surface area contributed by atoms with E-state index in [1.807, 2.05) is 37.3 Å². The van der Waals surface area contributed by atoms with Crippen LogP contribution in [0.2, 0.25) is 0 Å². The fourth-order valence-electron chi connectivity index (χ4n) is 3.70. The lowest BCUT2D eigenvalue weighted by Crippen LogP contribution is -2.28. The van der Waals surface area contributed by atoms with Crippen LogP contribution in [-0.2, 0) is 26.2 Å². The molecule has 2 amide bonds. The molecule has 1 fully saturated rings. The van der Waals surface area contributed by atoms with E-state index in [1.54, 1.807) is 53.4 Å². The molecule has 7 nitrogen and oxygen atoms in total. The first kappa shape index (κ1) is 22.5. The third-order valence-corrected chi connectivity index (χ3v) is 6.93. The molecule has 1 aliphatic heterocycles. The maximum absolute atomic E-state index is 12.7. The fraction of sp³-hybridized carbons (Fsp3) is 0.200. The van der Waals surface area contributed by atoms with Crippen molar-refractivity contribution in [1.82, 2.24) is 4.90 Å². The normalized spacial score (nSPS) is 16.0. The van der Waals surface area contributed by atoms with Crippen molar-refractivity contribution in [3.8, 4) is 0 Å². The van der Waals surface area contributed by atoms with Crippen LogP contribution in [0.3, 0.4) is 0 Å². The fourth-order valence-corrected chi connectivity index (χ4v) is 4.76. The van der Waals surface area contributed by atoms with Gasteiger partial charge in [-0.05, 0) is 48.9 Å². The van der Waals surface area contributed by atoms with Crippen LogP contribution >= 0.6 is 0 Å². The van der Waals surface area contributed by atoms with Crippen molar-refractivity contribution in [3.05, 3.63) is 90.0 Å². The second-order valence-electron chi connectivity index (χ2n) is 8.15. The Bertz CT molecular complexity index is 1240. The maximum atomic E-state index is 12.7. The lowest BCUT2D eigenvalue weighted by molar-refractivity contribution is -0.128. The molecule has 1 saturated heterocycles. The van der Waals surface area contributed by atoms with Crippen molar-refractivity contribution in [2.45, 2.75) is 24.8 Å². The van der Waals surface area contributed by atoms with E-state index in [9.17, 15) is 18.0 Å². The highest BCUT2D eigenvalue weighted by atomic mass is 32.2. The molecule has 1 heterocycles. The van der Waals surface area contributed by atoms with Gasteiger partial charge in [0.15, 0.2) is 0 Å². The minimum absolute atomic E-state index is 0.0418. The molecule has 0 aromatic heterocycles. The summed E-state index contributed by atoms with van der Waals surface area (Å²) in [6.07, 6.45) is 0.174. The molecule has 0 unspecified atom stereocenters. The van der Waals surface area contributed by atoms with Gasteiger partial charge >= 0.3 is 0 Å². The summed E-state index contributed by atoms with van der Waals surface area (Å²) in [5, 5.41) is 2.82. The van der Waals surface area contributed by atoms with Crippen LogP contribution in [0.1, 0.15) is 17.5 Å². The second kappa shape index (κ2) is 9.46. The first-order chi connectivity index (χ1) is 15.8. The number of hydrogen-bond donors (Lipinski definition) is 2. The molecule has 0 aliphatic carbocycles. The average Bonchev–Trinajstić information content (AvgIpc) is 3.16. The van der Waals surface area contributed by atoms with Crippen LogP contribution in [-0.4, -0.2) is 31.7 Å². The minimum atomic E-state index is -3.70. The molecule has 1 atom stereocenters. The Morgan fingerprint density at radius 2 is 1.58 bits per heavy atom. The number of anilines is 2. The molecule has 2 N–H and O–H groups in total. The Hall–Kier alpha value is -3.65. The zero-order chi connectivity index (χ0) is 23.4. The van der Waals surface area contributed by atoms with Crippen LogP contribution in [0.5, 0.6) is 0 Å². The van der Waals surface area contributed by atoms with Crippen LogP contribution in [0.25, 0.3) is 0 Å². The number of hydrogen-bond acceptors (Lipinski definition) is 4. The number of amides is 2. The Balaban J connectivity index is 1.34. The number of likely N-dealkylation sites (tertiary alicyclic amines) is 1. The highest BCUT2D eigenvalue weighted by molar-refractivity contribution is 7.92. The predicted octanol–water partition coefficient (Wildman–Crippen LogP) is 3.78. The van der Waals surface area contributed by atoms with Gasteiger partial charge in [-0.2, -0.15) is 0 Å². The third kappa shape index (κ3) is 5.59. The van der Waals surface area contributed by atoms with E-state index < -0.39 is 15.9 Å². The topological polar surface area (TPSA) is 95.6 Å². The van der Waals surface area contributed by atoms with Crippen molar-refractivity contribution in [2.75, 3.05) is 16.6 Å². The van der Waals surface area contributed by atoms with Gasteiger partial charge < -0.3 is 10.2 Å². The quantitative estimate of drug-likeness (QED) is 0.557. The molecule has 1 aliphatic rings. The van der Waals surface area contributed by atoms with Gasteiger partial charge in [0.25, 0.3) is 10.0 Å². The van der Waals surface area contributed by atoms with Gasteiger partial charge in [0, 0.05) is 30.9 Å². The Kier molecular flexibility index (Phi) is 6.46. The SMILES string of the molecule is Cc1ccc(S(=O)(=O)Nc2ccc(NC(=O)[C@H]3CC(=O)N(Cc4ccccc4)C3)cc2)cc1. The zero-order valence-electron chi connectivity index (χ0n) is 18.2. The molecule has 0 spiro atoms. The highest BCUT2D eigenvalue weighted by Crippen LogP contribution is 2.23. The summed E-state index contributed by atoms with van der Waals surface area (Å²) < 4.78 is 27.6. The first-order valence-electron chi connectivity index (χ1n) is 10.6. The minimum Gasteiger partial charge on any atom is -0.338 e. The van der Waals surface area contributed by atoms with Crippen molar-refractivity contribution in [1.29, 1.82) is 0 Å². The summed E-state index contributed by atoms with van der Waals surface area (Å²) in [7, 11) is -3.70. The van der Waals surface area contributed by atoms with Gasteiger partial charge in [-0.15, -0.1) is 0 Å². The largest absolute Gasteiger partial charge is 0.338 e. The molecular weight excluding hydrogens is 438 g/mol. The molecular formula is C25H25N3O4S. The number of sulfonamides is 1. The predicted molar refractivity (Wildman–Crippen MR) is 127 cm³/mol. The van der Waals surface area contributed by atoms with Crippen LogP contribution < -0.4 is 10.0 Å². The Morgan fingerprint density at radius 1 is 0.939 bits per heavy atom. The van der Waals surface area contributed by atoms with Gasteiger partial charge in [0.1, 0.15) is 0 Å². The standard InChI is InChI=1S/C25H25N3O4S/c1-18-7-13-23(14-8-18)33(31,32)27-22-11-9-21(10-12-22)26-25(30)20-15-24(29)28(17-20)16-19-5-3-2-4-6-19/h2-14,20,27H,15-17H2,1H3,(H,26,30)/t20-/m0/s1. The maximum Gasteiger partial charge on any atom is 0.261 e. The smallest absolute Gasteiger partial charge is 0.261 e. The highest BCUT2D eigenvalue weighted by Gasteiger charge is 2.34. The van der Waals surface area contributed by atoms with E-state index >= 15 is 0 Å². The number of aryl methyl sites for hydroxylation is 1. The molecule has 0 saturated carbocycles. The number of nitrogens with zero attached hydrogens (tertiary/aromatic N) is 1. The van der Waals surface area contributed by atoms with Crippen LogP contribution in [0.15, 0.2) is 83.8 Å². The summed E-state index contributed by atoms with van der Waals surface area (Å²) in [4.78, 5) is 26.9. The van der Waals surface area contributed by atoms with Crippen molar-refractivity contribution in [3.63, 3.8) is 0 Å². The van der Waals surface area contributed by atoms with Crippen LogP contribution in [0.4, 0.5) is 11.4 Å².